The Labute approximate surface area is 146 Å². The van der Waals surface area contributed by atoms with Crippen molar-refractivity contribution in [2.75, 3.05) is 30.8 Å². The van der Waals surface area contributed by atoms with E-state index in [1.807, 2.05) is 17.0 Å². The first-order valence-electron chi connectivity index (χ1n) is 8.02. The molecule has 25 heavy (non-hydrogen) atoms. The van der Waals surface area contributed by atoms with E-state index in [9.17, 15) is 18.5 Å². The van der Waals surface area contributed by atoms with Crippen LogP contribution in [0, 0.1) is 10.1 Å². The van der Waals surface area contributed by atoms with Gasteiger partial charge in [0.05, 0.1) is 16.2 Å². The molecule has 0 atom stereocenters. The summed E-state index contributed by atoms with van der Waals surface area (Å²) in [4.78, 5) is 18.9. The highest BCUT2D eigenvalue weighted by Gasteiger charge is 2.27. The summed E-state index contributed by atoms with van der Waals surface area (Å²) >= 11 is 0. The van der Waals surface area contributed by atoms with Crippen molar-refractivity contribution in [1.82, 2.24) is 4.90 Å². The summed E-state index contributed by atoms with van der Waals surface area (Å²) in [5.74, 6) is 0. The molecule has 0 aromatic heterocycles. The predicted octanol–water partition coefficient (Wildman–Crippen LogP) is 1.52. The Kier molecular flexibility index (Phi) is 4.76. The van der Waals surface area contributed by atoms with Gasteiger partial charge in [0.1, 0.15) is 12.7 Å². The van der Waals surface area contributed by atoms with Crippen LogP contribution in [0.2, 0.25) is 0 Å². The van der Waals surface area contributed by atoms with Gasteiger partial charge in [-0.05, 0) is 37.1 Å². The van der Waals surface area contributed by atoms with Crippen LogP contribution in [0.3, 0.4) is 0 Å². The van der Waals surface area contributed by atoms with Gasteiger partial charge in [0.15, 0.2) is 9.84 Å². The molecule has 0 aliphatic carbocycles. The average Bonchev–Trinajstić information content (AvgIpc) is 2.61. The number of hydrogen-bond donors (Lipinski definition) is 0. The minimum Gasteiger partial charge on any atom is -0.371 e. The highest BCUT2D eigenvalue weighted by molar-refractivity contribution is 7.90. The molecule has 1 fully saturated rings. The Morgan fingerprint density at radius 1 is 1.20 bits per heavy atom. The van der Waals surface area contributed by atoms with E-state index in [0.717, 1.165) is 31.6 Å². The second kappa shape index (κ2) is 6.83. The maximum Gasteiger partial charge on any atom is 0.283 e. The topological polar surface area (TPSA) is 96.1 Å². The molecule has 1 aromatic rings. The molecule has 0 unspecified atom stereocenters. The molecule has 0 radical (unpaired) electrons. The second-order valence-electron chi connectivity index (χ2n) is 6.30. The number of rotatable bonds is 4. The number of aliphatic imine (C=N–C) groups is 1. The molecule has 0 saturated carbocycles. The van der Waals surface area contributed by atoms with Gasteiger partial charge in [-0.1, -0.05) is 0 Å². The second-order valence-corrected chi connectivity index (χ2v) is 8.31. The first kappa shape index (κ1) is 17.4. The molecule has 0 spiro atoms. The third-order valence-electron chi connectivity index (χ3n) is 4.58. The van der Waals surface area contributed by atoms with Gasteiger partial charge in [-0.3, -0.25) is 10.1 Å². The highest BCUT2D eigenvalue weighted by atomic mass is 32.2. The van der Waals surface area contributed by atoms with E-state index in [1.165, 1.54) is 12.5 Å². The largest absolute Gasteiger partial charge is 0.371 e. The van der Waals surface area contributed by atoms with Crippen LogP contribution in [0.15, 0.2) is 46.1 Å². The fourth-order valence-electron chi connectivity index (χ4n) is 3.16. The van der Waals surface area contributed by atoms with Gasteiger partial charge in [-0.2, -0.15) is 0 Å². The first-order chi connectivity index (χ1) is 11.8. The Morgan fingerprint density at radius 2 is 1.84 bits per heavy atom. The molecule has 1 saturated heterocycles. The van der Waals surface area contributed by atoms with Crippen molar-refractivity contribution in [2.45, 2.75) is 23.8 Å². The lowest BCUT2D eigenvalue weighted by Gasteiger charge is -2.38. The van der Waals surface area contributed by atoms with Crippen molar-refractivity contribution in [2.24, 2.45) is 4.99 Å². The fraction of sp³-hybridized carbons (Fsp3) is 0.438. The van der Waals surface area contributed by atoms with Crippen LogP contribution < -0.4 is 4.90 Å². The monoisotopic (exact) mass is 364 g/mol. The van der Waals surface area contributed by atoms with Crippen molar-refractivity contribution < 1.29 is 13.3 Å². The summed E-state index contributed by atoms with van der Waals surface area (Å²) in [6.45, 7) is 1.90. The van der Waals surface area contributed by atoms with Crippen molar-refractivity contribution >= 4 is 21.9 Å². The van der Waals surface area contributed by atoms with Gasteiger partial charge in [-0.25, -0.2) is 13.4 Å². The van der Waals surface area contributed by atoms with E-state index in [2.05, 4.69) is 9.89 Å². The van der Waals surface area contributed by atoms with Crippen LogP contribution in [0.5, 0.6) is 0 Å². The van der Waals surface area contributed by atoms with Gasteiger partial charge in [0, 0.05) is 31.1 Å². The minimum atomic E-state index is -3.19. The lowest BCUT2D eigenvalue weighted by molar-refractivity contribution is -0.428. The number of hydrogen-bond acceptors (Lipinski definition) is 7. The Hall–Kier alpha value is -2.42. The Balaban J connectivity index is 1.60. The molecule has 2 heterocycles. The number of sulfone groups is 1. The zero-order valence-corrected chi connectivity index (χ0v) is 14.7. The summed E-state index contributed by atoms with van der Waals surface area (Å²) in [5, 5.41) is 10.9. The molecule has 8 nitrogen and oxygen atoms in total. The van der Waals surface area contributed by atoms with E-state index >= 15 is 0 Å². The van der Waals surface area contributed by atoms with E-state index in [4.69, 9.17) is 0 Å². The predicted molar refractivity (Wildman–Crippen MR) is 95.1 cm³/mol. The van der Waals surface area contributed by atoms with Crippen LogP contribution in [0.1, 0.15) is 12.8 Å². The molecule has 0 amide bonds. The molecular weight excluding hydrogens is 344 g/mol. The van der Waals surface area contributed by atoms with Crippen LogP contribution in [0.25, 0.3) is 0 Å². The summed E-state index contributed by atoms with van der Waals surface area (Å²) in [5.41, 5.74) is 1.10. The standard InChI is InChI=1S/C16H20N4O4S/c1-25(23,24)16-4-2-13(3-5-16)18-8-6-14(7-9-18)19-11-15(20(21)22)10-17-12-19/h2-5,10,12,14H,6-9,11H2,1H3. The van der Waals surface area contributed by atoms with E-state index in [0.29, 0.717) is 4.90 Å². The third kappa shape index (κ3) is 3.98. The van der Waals surface area contributed by atoms with Gasteiger partial charge in [-0.15, -0.1) is 0 Å². The zero-order valence-electron chi connectivity index (χ0n) is 13.9. The van der Waals surface area contributed by atoms with Crippen molar-refractivity contribution in [3.63, 3.8) is 0 Å². The number of nitrogens with zero attached hydrogens (tertiary/aromatic N) is 4. The van der Waals surface area contributed by atoms with Gasteiger partial charge in [0.2, 0.25) is 0 Å². The maximum atomic E-state index is 11.5. The number of nitro groups is 1. The Bertz CT molecular complexity index is 809. The zero-order chi connectivity index (χ0) is 18.0. The summed E-state index contributed by atoms with van der Waals surface area (Å²) in [6.07, 6.45) is 5.90. The third-order valence-corrected chi connectivity index (χ3v) is 5.71. The molecule has 2 aliphatic heterocycles. The molecular formula is C16H20N4O4S. The van der Waals surface area contributed by atoms with Gasteiger partial charge >= 0.3 is 0 Å². The molecule has 3 rings (SSSR count). The lowest BCUT2D eigenvalue weighted by atomic mass is 10.0. The molecule has 0 N–H and O–H groups in total. The average molecular weight is 364 g/mol. The molecule has 134 valence electrons. The first-order valence-corrected chi connectivity index (χ1v) is 9.91. The maximum absolute atomic E-state index is 11.5. The minimum absolute atomic E-state index is 0.112. The van der Waals surface area contributed by atoms with Crippen molar-refractivity contribution in [3.05, 3.63) is 46.3 Å². The molecule has 1 aromatic carbocycles. The molecule has 9 heteroatoms. The van der Waals surface area contributed by atoms with E-state index < -0.39 is 9.84 Å². The summed E-state index contributed by atoms with van der Waals surface area (Å²) in [6, 6.07) is 7.13. The lowest BCUT2D eigenvalue weighted by Crippen LogP contribution is -2.46. The molecule has 0 bridgehead atoms. The van der Waals surface area contributed by atoms with Gasteiger partial charge in [0.25, 0.3) is 5.70 Å². The fourth-order valence-corrected chi connectivity index (χ4v) is 3.79. The van der Waals surface area contributed by atoms with Crippen molar-refractivity contribution in [3.8, 4) is 0 Å². The van der Waals surface area contributed by atoms with Gasteiger partial charge < -0.3 is 9.80 Å². The van der Waals surface area contributed by atoms with E-state index in [1.54, 1.807) is 18.5 Å². The number of benzene rings is 1. The Morgan fingerprint density at radius 3 is 2.40 bits per heavy atom. The van der Waals surface area contributed by atoms with E-state index in [-0.39, 0.29) is 23.2 Å². The van der Waals surface area contributed by atoms with Crippen LogP contribution in [-0.2, 0) is 9.84 Å². The SMILES string of the molecule is CS(=O)(=O)c1ccc(N2CCC(N3C=NC=C([N+](=O)[O-])C3)CC2)cc1. The quantitative estimate of drug-likeness (QED) is 0.594. The number of piperidine rings is 1. The smallest absolute Gasteiger partial charge is 0.283 e. The van der Waals surface area contributed by atoms with Crippen molar-refractivity contribution in [1.29, 1.82) is 0 Å². The van der Waals surface area contributed by atoms with Crippen LogP contribution in [0.4, 0.5) is 5.69 Å². The summed E-state index contributed by atoms with van der Waals surface area (Å²) < 4.78 is 23.1. The summed E-state index contributed by atoms with van der Waals surface area (Å²) in [7, 11) is -3.19. The normalized spacial score (nSPS) is 19.0. The van der Waals surface area contributed by atoms with Crippen LogP contribution >= 0.6 is 0 Å². The van der Waals surface area contributed by atoms with Crippen LogP contribution in [-0.4, -0.2) is 56.5 Å². The number of anilines is 1. The molecule has 2 aliphatic rings. The highest BCUT2D eigenvalue weighted by Crippen LogP contribution is 2.24.